The number of amides is 1. The summed E-state index contributed by atoms with van der Waals surface area (Å²) in [5, 5.41) is 22.0. The van der Waals surface area contributed by atoms with Crippen molar-refractivity contribution in [2.24, 2.45) is 29.4 Å². The van der Waals surface area contributed by atoms with Gasteiger partial charge in [-0.25, -0.2) is 8.78 Å². The van der Waals surface area contributed by atoms with Crippen LogP contribution in [0.3, 0.4) is 0 Å². The molecule has 1 aromatic carbocycles. The lowest BCUT2D eigenvalue weighted by atomic mass is 9.52. The van der Waals surface area contributed by atoms with E-state index in [2.05, 4.69) is 5.48 Å². The van der Waals surface area contributed by atoms with E-state index in [-0.39, 0.29) is 24.9 Å². The molecule has 3 aliphatic carbocycles. The molecule has 5 N–H and O–H groups in total. The molecule has 0 saturated heterocycles. The van der Waals surface area contributed by atoms with Gasteiger partial charge in [-0.15, -0.1) is 0 Å². The van der Waals surface area contributed by atoms with Crippen molar-refractivity contribution in [1.29, 1.82) is 0 Å². The predicted octanol–water partition coefficient (Wildman–Crippen LogP) is -0.847. The van der Waals surface area contributed by atoms with E-state index in [1.807, 2.05) is 0 Å². The first-order chi connectivity index (χ1) is 17.3. The fraction of sp³-hybridized carbons (Fsp3) is 0.542. The van der Waals surface area contributed by atoms with E-state index in [9.17, 15) is 43.0 Å². The maximum absolute atomic E-state index is 13.7. The van der Waals surface area contributed by atoms with Crippen molar-refractivity contribution in [2.75, 3.05) is 20.7 Å². The number of hydroxylamine groups is 1. The Hall–Kier alpha value is -3.13. The average Bonchev–Trinajstić information content (AvgIpc) is 2.79. The summed E-state index contributed by atoms with van der Waals surface area (Å²) in [5.41, 5.74) is 5.50. The summed E-state index contributed by atoms with van der Waals surface area (Å²) in [7, 11) is 2.99. The van der Waals surface area contributed by atoms with Crippen LogP contribution in [0.15, 0.2) is 12.1 Å². The SMILES string of the molecule is CN(C)[C@H]1C(=O)C(C(N)=O)C(=O)[C@@]2(O)C(=O)C3C(=O)c4c(O)ccc(CNOCC(F)F)c4C[C@H]3C[C@@H]12. The van der Waals surface area contributed by atoms with Gasteiger partial charge in [-0.1, -0.05) is 6.07 Å². The largest absolute Gasteiger partial charge is 0.507 e. The zero-order valence-electron chi connectivity index (χ0n) is 20.1. The number of nitrogens with zero attached hydrogens (tertiary/aromatic N) is 1. The molecular weight excluding hydrogens is 496 g/mol. The van der Waals surface area contributed by atoms with Gasteiger partial charge in [0.1, 0.15) is 12.4 Å². The molecule has 2 fully saturated rings. The number of carbonyl (C=O) groups is 5. The maximum Gasteiger partial charge on any atom is 0.263 e. The third-order valence-electron chi connectivity index (χ3n) is 7.62. The van der Waals surface area contributed by atoms with Crippen LogP contribution in [0.4, 0.5) is 8.78 Å². The van der Waals surface area contributed by atoms with Crippen LogP contribution in [0.25, 0.3) is 0 Å². The summed E-state index contributed by atoms with van der Waals surface area (Å²) in [6, 6.07) is 1.49. The summed E-state index contributed by atoms with van der Waals surface area (Å²) < 4.78 is 24.7. The number of benzene rings is 1. The molecule has 200 valence electrons. The third-order valence-corrected chi connectivity index (χ3v) is 7.62. The Kier molecular flexibility index (Phi) is 7.01. The fourth-order valence-corrected chi connectivity index (χ4v) is 6.09. The molecule has 1 aromatic rings. The molecule has 2 unspecified atom stereocenters. The normalized spacial score (nSPS) is 31.4. The van der Waals surface area contributed by atoms with Crippen LogP contribution in [0.1, 0.15) is 27.9 Å². The molecule has 3 aliphatic rings. The minimum atomic E-state index is -2.80. The Morgan fingerprint density at radius 1 is 1.24 bits per heavy atom. The van der Waals surface area contributed by atoms with E-state index in [0.717, 1.165) is 0 Å². The van der Waals surface area contributed by atoms with Crippen LogP contribution in [0.5, 0.6) is 5.75 Å². The number of aliphatic hydroxyl groups is 1. The molecule has 0 spiro atoms. The molecule has 0 aromatic heterocycles. The van der Waals surface area contributed by atoms with Crippen molar-refractivity contribution < 1.29 is 47.8 Å². The molecule has 0 radical (unpaired) electrons. The number of halogens is 2. The number of phenolic OH excluding ortho intramolecular Hbond substituents is 1. The highest BCUT2D eigenvalue weighted by Gasteiger charge is 2.69. The van der Waals surface area contributed by atoms with Crippen LogP contribution < -0.4 is 11.2 Å². The van der Waals surface area contributed by atoms with Crippen LogP contribution in [0, 0.1) is 23.7 Å². The van der Waals surface area contributed by atoms with Gasteiger partial charge in [0.05, 0.1) is 17.5 Å². The molecule has 13 heteroatoms. The van der Waals surface area contributed by atoms with Crippen molar-refractivity contribution in [1.82, 2.24) is 10.4 Å². The van der Waals surface area contributed by atoms with Gasteiger partial charge >= 0.3 is 0 Å². The topological polar surface area (TPSA) is 176 Å². The zero-order valence-corrected chi connectivity index (χ0v) is 20.1. The van der Waals surface area contributed by atoms with Gasteiger partial charge < -0.3 is 15.9 Å². The van der Waals surface area contributed by atoms with E-state index >= 15 is 0 Å². The van der Waals surface area contributed by atoms with Crippen molar-refractivity contribution in [3.63, 3.8) is 0 Å². The fourth-order valence-electron chi connectivity index (χ4n) is 6.09. The minimum absolute atomic E-state index is 0.0616. The highest BCUT2D eigenvalue weighted by atomic mass is 19.3. The lowest BCUT2D eigenvalue weighted by Crippen LogP contribution is -2.74. The van der Waals surface area contributed by atoms with Gasteiger partial charge in [0.15, 0.2) is 34.7 Å². The Morgan fingerprint density at radius 2 is 1.92 bits per heavy atom. The molecule has 0 bridgehead atoms. The highest BCUT2D eigenvalue weighted by molar-refractivity contribution is 6.32. The van der Waals surface area contributed by atoms with Crippen molar-refractivity contribution >= 4 is 29.0 Å². The molecular formula is C24H27F2N3O8. The molecule has 6 atom stereocenters. The smallest absolute Gasteiger partial charge is 0.263 e. The third kappa shape index (κ3) is 4.15. The van der Waals surface area contributed by atoms with E-state index < -0.39 is 83.1 Å². The number of hydrogen-bond donors (Lipinski definition) is 4. The number of rotatable bonds is 7. The van der Waals surface area contributed by atoms with Crippen molar-refractivity contribution in [2.45, 2.75) is 37.5 Å². The molecule has 2 saturated carbocycles. The second kappa shape index (κ2) is 9.63. The van der Waals surface area contributed by atoms with Crippen molar-refractivity contribution in [3.05, 3.63) is 28.8 Å². The van der Waals surface area contributed by atoms with E-state index in [1.54, 1.807) is 0 Å². The summed E-state index contributed by atoms with van der Waals surface area (Å²) in [5.74, 6) is -11.4. The first-order valence-corrected chi connectivity index (χ1v) is 11.6. The number of nitrogens with two attached hydrogens (primary N) is 1. The highest BCUT2D eigenvalue weighted by Crippen LogP contribution is 2.50. The van der Waals surface area contributed by atoms with Crippen molar-refractivity contribution in [3.8, 4) is 5.75 Å². The van der Waals surface area contributed by atoms with Gasteiger partial charge in [0.25, 0.3) is 6.43 Å². The monoisotopic (exact) mass is 523 g/mol. The number of likely N-dealkylation sites (N-methyl/N-ethyl adjacent to an activating group) is 1. The summed E-state index contributed by atoms with van der Waals surface area (Å²) in [4.78, 5) is 71.6. The van der Waals surface area contributed by atoms with Crippen LogP contribution in [0.2, 0.25) is 0 Å². The van der Waals surface area contributed by atoms with E-state index in [1.165, 1.54) is 31.1 Å². The number of alkyl halides is 2. The molecule has 11 nitrogen and oxygen atoms in total. The Morgan fingerprint density at radius 3 is 2.51 bits per heavy atom. The lowest BCUT2D eigenvalue weighted by Gasteiger charge is -2.52. The molecule has 0 aliphatic heterocycles. The summed E-state index contributed by atoms with van der Waals surface area (Å²) in [6.07, 6.45) is -2.73. The number of fused-ring (bicyclic) bond motifs is 3. The molecule has 37 heavy (non-hydrogen) atoms. The Bertz CT molecular complexity index is 1190. The summed E-state index contributed by atoms with van der Waals surface area (Å²) in [6.45, 7) is -0.947. The molecule has 0 heterocycles. The van der Waals surface area contributed by atoms with E-state index in [0.29, 0.717) is 11.1 Å². The minimum Gasteiger partial charge on any atom is -0.507 e. The lowest BCUT2D eigenvalue weighted by molar-refractivity contribution is -0.181. The van der Waals surface area contributed by atoms with Crippen LogP contribution >= 0.6 is 0 Å². The Balaban J connectivity index is 1.75. The summed E-state index contributed by atoms with van der Waals surface area (Å²) >= 11 is 0. The number of nitrogens with one attached hydrogen (secondary N) is 1. The standard InChI is InChI=1S/C24H27F2N3O8/c1-29(2)18-12-6-10-5-11-9(7-28-37-8-14(25)26)3-4-13(30)16(11)19(31)15(10)21(33)24(12,36)22(34)17(20(18)32)23(27)35/h3-4,10,12,14-15,17-18,28,30,36H,5-8H2,1-2H3,(H2,27,35)/t10-,12-,15?,17?,18+,24-/m0/s1. The van der Waals surface area contributed by atoms with Gasteiger partial charge in [0.2, 0.25) is 5.91 Å². The number of ketones is 4. The number of hydrogen-bond acceptors (Lipinski definition) is 10. The van der Waals surface area contributed by atoms with Crippen LogP contribution in [-0.2, 0) is 37.0 Å². The predicted molar refractivity (Wildman–Crippen MR) is 120 cm³/mol. The first-order valence-electron chi connectivity index (χ1n) is 11.6. The maximum atomic E-state index is 13.7. The second-order valence-corrected chi connectivity index (χ2v) is 9.91. The number of carbonyl (C=O) groups excluding carboxylic acids is 5. The number of aromatic hydroxyl groups is 1. The number of phenols is 1. The van der Waals surface area contributed by atoms with E-state index in [4.69, 9.17) is 10.6 Å². The van der Waals surface area contributed by atoms with Gasteiger partial charge in [0, 0.05) is 12.5 Å². The van der Waals surface area contributed by atoms with Crippen LogP contribution in [-0.4, -0.2) is 82.9 Å². The quantitative estimate of drug-likeness (QED) is 0.200. The average molecular weight is 523 g/mol. The number of Topliss-reactive ketones (excluding diaryl/α,β-unsaturated/α-hetero) is 4. The molecule has 1 amide bonds. The van der Waals surface area contributed by atoms with Gasteiger partial charge in [-0.3, -0.25) is 33.7 Å². The second-order valence-electron chi connectivity index (χ2n) is 9.91. The van der Waals surface area contributed by atoms with Gasteiger partial charge in [-0.2, -0.15) is 5.48 Å². The van der Waals surface area contributed by atoms with Gasteiger partial charge in [-0.05, 0) is 50.0 Å². The Labute approximate surface area is 209 Å². The molecule has 4 rings (SSSR count). The number of primary amides is 1. The first kappa shape index (κ1) is 26.9. The zero-order chi connectivity index (χ0) is 27.4.